The Balaban J connectivity index is 2.18. The smallest absolute Gasteiger partial charge is 0.317 e. The van der Waals surface area contributed by atoms with E-state index in [1.54, 1.807) is 6.07 Å². The Morgan fingerprint density at radius 3 is 2.61 bits per heavy atom. The maximum atomic E-state index is 10.8. The molecule has 98 valence electrons. The third-order valence-corrected chi connectivity index (χ3v) is 3.39. The Morgan fingerprint density at radius 1 is 1.39 bits per heavy atom. The Bertz CT molecular complexity index is 475. The number of phenolic OH excluding ortho intramolecular Hbond substituents is 1. The number of aromatic hydroxyl groups is 1. The first-order valence-corrected chi connectivity index (χ1v) is 6.35. The van der Waals surface area contributed by atoms with Crippen LogP contribution in [0.25, 0.3) is 0 Å². The van der Waals surface area contributed by atoms with Crippen molar-refractivity contribution in [1.82, 2.24) is 4.90 Å². The average Bonchev–Trinajstić information content (AvgIpc) is 3.07. The van der Waals surface area contributed by atoms with E-state index in [0.29, 0.717) is 17.1 Å². The van der Waals surface area contributed by atoms with Crippen LogP contribution in [0.4, 0.5) is 0 Å². The van der Waals surface area contributed by atoms with Crippen LogP contribution < -0.4 is 0 Å². The summed E-state index contributed by atoms with van der Waals surface area (Å²) in [5, 5.41) is 19.3. The molecule has 0 aromatic heterocycles. The molecule has 0 heterocycles. The molecule has 0 aliphatic heterocycles. The second kappa shape index (κ2) is 5.34. The van der Waals surface area contributed by atoms with E-state index in [-0.39, 0.29) is 23.4 Å². The minimum Gasteiger partial charge on any atom is -0.506 e. The van der Waals surface area contributed by atoms with Crippen LogP contribution in [0, 0.1) is 0 Å². The number of aliphatic carboxylic acids is 1. The van der Waals surface area contributed by atoms with Crippen molar-refractivity contribution in [2.24, 2.45) is 0 Å². The van der Waals surface area contributed by atoms with E-state index in [1.165, 1.54) is 6.07 Å². The molecule has 1 aliphatic rings. The normalized spacial score (nSPS) is 15.1. The van der Waals surface area contributed by atoms with Crippen LogP contribution in [0.3, 0.4) is 0 Å². The van der Waals surface area contributed by atoms with Gasteiger partial charge in [0.05, 0.1) is 11.6 Å². The van der Waals surface area contributed by atoms with E-state index >= 15 is 0 Å². The summed E-state index contributed by atoms with van der Waals surface area (Å²) in [4.78, 5) is 12.6. The highest BCUT2D eigenvalue weighted by Crippen LogP contribution is 2.34. The fourth-order valence-electron chi connectivity index (χ4n) is 1.89. The summed E-state index contributed by atoms with van der Waals surface area (Å²) in [5.41, 5.74) is 0.556. The van der Waals surface area contributed by atoms with Crippen LogP contribution >= 0.6 is 23.2 Å². The van der Waals surface area contributed by atoms with Crippen LogP contribution in [0.15, 0.2) is 12.1 Å². The Labute approximate surface area is 115 Å². The lowest BCUT2D eigenvalue weighted by Gasteiger charge is -2.20. The third kappa shape index (κ3) is 3.28. The van der Waals surface area contributed by atoms with Crippen molar-refractivity contribution in [3.63, 3.8) is 0 Å². The van der Waals surface area contributed by atoms with Gasteiger partial charge in [-0.2, -0.15) is 0 Å². The van der Waals surface area contributed by atoms with E-state index in [1.807, 2.05) is 4.90 Å². The van der Waals surface area contributed by atoms with Gasteiger partial charge in [-0.15, -0.1) is 0 Å². The molecule has 2 N–H and O–H groups in total. The highest BCUT2D eigenvalue weighted by molar-refractivity contribution is 6.35. The summed E-state index contributed by atoms with van der Waals surface area (Å²) in [6.07, 6.45) is 1.98. The molecule has 18 heavy (non-hydrogen) atoms. The maximum Gasteiger partial charge on any atom is 0.317 e. The molecule has 0 bridgehead atoms. The molecule has 1 aromatic carbocycles. The number of halogens is 2. The monoisotopic (exact) mass is 289 g/mol. The first-order chi connectivity index (χ1) is 8.47. The number of hydrogen-bond acceptors (Lipinski definition) is 3. The SMILES string of the molecule is O=C(O)CN(Cc1cc(Cl)cc(Cl)c1O)C1CC1. The molecule has 6 heteroatoms. The fraction of sp³-hybridized carbons (Fsp3) is 0.417. The van der Waals surface area contributed by atoms with Gasteiger partial charge < -0.3 is 10.2 Å². The summed E-state index contributed by atoms with van der Waals surface area (Å²) < 4.78 is 0. The number of carboxylic acids is 1. The fourth-order valence-corrected chi connectivity index (χ4v) is 2.42. The molecule has 2 rings (SSSR count). The lowest BCUT2D eigenvalue weighted by atomic mass is 10.2. The van der Waals surface area contributed by atoms with Crippen molar-refractivity contribution in [1.29, 1.82) is 0 Å². The Morgan fingerprint density at radius 2 is 2.06 bits per heavy atom. The maximum absolute atomic E-state index is 10.8. The standard InChI is InChI=1S/C12H13Cl2NO3/c13-8-3-7(12(18)10(14)4-8)5-15(6-11(16)17)9-1-2-9/h3-4,9,18H,1-2,5-6H2,(H,16,17). The van der Waals surface area contributed by atoms with Gasteiger partial charge in [0.25, 0.3) is 0 Å². The van der Waals surface area contributed by atoms with Crippen LogP contribution in [0.5, 0.6) is 5.75 Å². The van der Waals surface area contributed by atoms with Gasteiger partial charge in [0.15, 0.2) is 0 Å². The molecule has 0 atom stereocenters. The Hall–Kier alpha value is -0.970. The van der Waals surface area contributed by atoms with Crippen molar-refractivity contribution in [2.45, 2.75) is 25.4 Å². The summed E-state index contributed by atoms with van der Waals surface area (Å²) in [6, 6.07) is 3.35. The van der Waals surface area contributed by atoms with Gasteiger partial charge in [-0.1, -0.05) is 23.2 Å². The van der Waals surface area contributed by atoms with Crippen LogP contribution in [0.2, 0.25) is 10.0 Å². The van der Waals surface area contributed by atoms with Crippen molar-refractivity contribution in [3.8, 4) is 5.75 Å². The molecule has 4 nitrogen and oxygen atoms in total. The second-order valence-electron chi connectivity index (χ2n) is 4.43. The number of nitrogens with zero attached hydrogens (tertiary/aromatic N) is 1. The van der Waals surface area contributed by atoms with Crippen LogP contribution in [-0.4, -0.2) is 33.7 Å². The number of carbonyl (C=O) groups is 1. The number of carboxylic acid groups (broad SMARTS) is 1. The van der Waals surface area contributed by atoms with Crippen molar-refractivity contribution in [2.75, 3.05) is 6.54 Å². The van der Waals surface area contributed by atoms with Gasteiger partial charge in [-0.3, -0.25) is 9.69 Å². The van der Waals surface area contributed by atoms with Gasteiger partial charge in [-0.05, 0) is 25.0 Å². The molecule has 1 fully saturated rings. The summed E-state index contributed by atoms with van der Waals surface area (Å²) >= 11 is 11.7. The highest BCUT2D eigenvalue weighted by atomic mass is 35.5. The molecule has 0 unspecified atom stereocenters. The number of benzene rings is 1. The minimum atomic E-state index is -0.880. The molecule has 0 spiro atoms. The first-order valence-electron chi connectivity index (χ1n) is 5.60. The summed E-state index contributed by atoms with van der Waals surface area (Å²) in [7, 11) is 0. The van der Waals surface area contributed by atoms with Gasteiger partial charge in [-0.25, -0.2) is 0 Å². The molecule has 1 aliphatic carbocycles. The van der Waals surface area contributed by atoms with Gasteiger partial charge in [0.1, 0.15) is 5.75 Å². The molecule has 1 aromatic rings. The highest BCUT2D eigenvalue weighted by Gasteiger charge is 2.30. The first kappa shape index (κ1) is 13.5. The number of phenols is 1. The van der Waals surface area contributed by atoms with Crippen molar-refractivity contribution < 1.29 is 15.0 Å². The zero-order valence-electron chi connectivity index (χ0n) is 9.57. The zero-order chi connectivity index (χ0) is 13.3. The molecule has 0 amide bonds. The van der Waals surface area contributed by atoms with Crippen molar-refractivity contribution >= 4 is 29.2 Å². The second-order valence-corrected chi connectivity index (χ2v) is 5.27. The van der Waals surface area contributed by atoms with E-state index in [0.717, 1.165) is 12.8 Å². The van der Waals surface area contributed by atoms with Crippen LogP contribution in [-0.2, 0) is 11.3 Å². The van der Waals surface area contributed by atoms with Gasteiger partial charge in [0.2, 0.25) is 0 Å². The van der Waals surface area contributed by atoms with Gasteiger partial charge in [0, 0.05) is 23.2 Å². The molecular formula is C12H13Cl2NO3. The molecule has 1 saturated carbocycles. The summed E-state index contributed by atoms with van der Waals surface area (Å²) in [6.45, 7) is 0.289. The Kier molecular flexibility index (Phi) is 4.00. The average molecular weight is 290 g/mol. The third-order valence-electron chi connectivity index (χ3n) is 2.88. The molecule has 0 saturated heterocycles. The van der Waals surface area contributed by atoms with E-state index in [4.69, 9.17) is 28.3 Å². The van der Waals surface area contributed by atoms with E-state index in [9.17, 15) is 9.90 Å². The van der Waals surface area contributed by atoms with E-state index in [2.05, 4.69) is 0 Å². The lowest BCUT2D eigenvalue weighted by molar-refractivity contribution is -0.138. The largest absolute Gasteiger partial charge is 0.506 e. The molecular weight excluding hydrogens is 277 g/mol. The number of rotatable bonds is 5. The topological polar surface area (TPSA) is 60.8 Å². The predicted molar refractivity (Wildman–Crippen MR) is 69.2 cm³/mol. The zero-order valence-corrected chi connectivity index (χ0v) is 11.1. The van der Waals surface area contributed by atoms with Crippen molar-refractivity contribution in [3.05, 3.63) is 27.7 Å². The summed E-state index contributed by atoms with van der Waals surface area (Å²) in [5.74, 6) is -0.911. The predicted octanol–water partition coefficient (Wildman–Crippen LogP) is 2.75. The minimum absolute atomic E-state index is 0.0305. The van der Waals surface area contributed by atoms with Gasteiger partial charge >= 0.3 is 5.97 Å². The quantitative estimate of drug-likeness (QED) is 0.875. The van der Waals surface area contributed by atoms with E-state index < -0.39 is 5.97 Å². The lowest BCUT2D eigenvalue weighted by Crippen LogP contribution is -2.31. The molecule has 0 radical (unpaired) electrons. The number of hydrogen-bond donors (Lipinski definition) is 2. The van der Waals surface area contributed by atoms with Crippen LogP contribution in [0.1, 0.15) is 18.4 Å².